The molecule has 0 unspecified atom stereocenters. The number of fused-ring (bicyclic) bond motifs is 1. The van der Waals surface area contributed by atoms with Crippen LogP contribution in [0.25, 0.3) is 10.8 Å². The fraction of sp³-hybridized carbons (Fsp3) is 0.238. The van der Waals surface area contributed by atoms with Crippen molar-refractivity contribution in [2.24, 2.45) is 5.92 Å². The quantitative estimate of drug-likeness (QED) is 0.758. The summed E-state index contributed by atoms with van der Waals surface area (Å²) in [5.74, 6) is 0.352. The van der Waals surface area contributed by atoms with E-state index in [-0.39, 0.29) is 17.5 Å². The summed E-state index contributed by atoms with van der Waals surface area (Å²) in [6.45, 7) is 0.628. The third-order valence-corrected chi connectivity index (χ3v) is 4.80. The Balaban J connectivity index is 1.35. The number of rotatable bonds is 5. The van der Waals surface area contributed by atoms with E-state index in [2.05, 4.69) is 10.3 Å². The van der Waals surface area contributed by atoms with E-state index < -0.39 is 5.82 Å². The zero-order valence-corrected chi connectivity index (χ0v) is 14.2. The van der Waals surface area contributed by atoms with E-state index in [4.69, 9.17) is 4.74 Å². The van der Waals surface area contributed by atoms with Crippen LogP contribution in [-0.2, 0) is 0 Å². The van der Waals surface area contributed by atoms with Crippen molar-refractivity contribution >= 4 is 16.7 Å². The number of nitrogens with one attached hydrogen (secondary N) is 1. The van der Waals surface area contributed by atoms with E-state index in [1.165, 1.54) is 12.3 Å². The van der Waals surface area contributed by atoms with Gasteiger partial charge in [0.1, 0.15) is 11.6 Å². The van der Waals surface area contributed by atoms with Crippen LogP contribution >= 0.6 is 0 Å². The van der Waals surface area contributed by atoms with Crippen molar-refractivity contribution in [1.29, 1.82) is 0 Å². The molecule has 3 aromatic rings. The number of carbonyl (C=O) groups excluding carboxylic acids is 1. The molecular weight excluding hydrogens is 331 g/mol. The Bertz CT molecular complexity index is 924. The van der Waals surface area contributed by atoms with Gasteiger partial charge in [0.05, 0.1) is 12.2 Å². The Morgan fingerprint density at radius 2 is 1.96 bits per heavy atom. The molecule has 0 bridgehead atoms. The molecule has 1 aromatic heterocycles. The molecule has 1 fully saturated rings. The van der Waals surface area contributed by atoms with Crippen LogP contribution in [0, 0.1) is 11.7 Å². The van der Waals surface area contributed by atoms with Crippen LogP contribution in [-0.4, -0.2) is 23.5 Å². The Labute approximate surface area is 151 Å². The molecule has 1 heterocycles. The van der Waals surface area contributed by atoms with Crippen molar-refractivity contribution in [2.75, 3.05) is 6.61 Å². The molecule has 0 aliphatic heterocycles. The van der Waals surface area contributed by atoms with Crippen molar-refractivity contribution in [2.45, 2.75) is 18.9 Å². The van der Waals surface area contributed by atoms with Crippen LogP contribution in [0.3, 0.4) is 0 Å². The van der Waals surface area contributed by atoms with Gasteiger partial charge >= 0.3 is 0 Å². The van der Waals surface area contributed by atoms with Gasteiger partial charge in [-0.05, 0) is 48.4 Å². The second-order valence-corrected chi connectivity index (χ2v) is 6.65. The number of hydrogen-bond donors (Lipinski definition) is 1. The Kier molecular flexibility index (Phi) is 4.52. The van der Waals surface area contributed by atoms with Gasteiger partial charge in [0.2, 0.25) is 0 Å². The molecule has 1 amide bonds. The number of halogens is 1. The number of benzene rings is 2. The van der Waals surface area contributed by atoms with Crippen molar-refractivity contribution in [1.82, 2.24) is 10.3 Å². The Morgan fingerprint density at radius 1 is 1.15 bits per heavy atom. The van der Waals surface area contributed by atoms with Crippen molar-refractivity contribution in [3.05, 3.63) is 72.3 Å². The van der Waals surface area contributed by atoms with Crippen LogP contribution in [0.4, 0.5) is 4.39 Å². The van der Waals surface area contributed by atoms with Gasteiger partial charge < -0.3 is 10.1 Å². The monoisotopic (exact) mass is 350 g/mol. The zero-order chi connectivity index (χ0) is 17.9. The lowest BCUT2D eigenvalue weighted by atomic mass is 9.80. The first-order valence-corrected chi connectivity index (χ1v) is 8.71. The molecule has 4 nitrogen and oxygen atoms in total. The predicted molar refractivity (Wildman–Crippen MR) is 97.6 cm³/mol. The van der Waals surface area contributed by atoms with Gasteiger partial charge in [-0.3, -0.25) is 9.78 Å². The number of amides is 1. The average Bonchev–Trinajstić information content (AvgIpc) is 2.64. The first kappa shape index (κ1) is 16.5. The third-order valence-electron chi connectivity index (χ3n) is 4.80. The van der Waals surface area contributed by atoms with E-state index in [0.717, 1.165) is 24.0 Å². The number of para-hydroxylation sites is 1. The highest BCUT2D eigenvalue weighted by Gasteiger charge is 2.31. The fourth-order valence-corrected chi connectivity index (χ4v) is 3.34. The minimum absolute atomic E-state index is 0.0539. The number of ether oxygens (including phenoxy) is 1. The summed E-state index contributed by atoms with van der Waals surface area (Å²) >= 11 is 0. The summed E-state index contributed by atoms with van der Waals surface area (Å²) in [4.78, 5) is 16.6. The number of carbonyl (C=O) groups is 1. The minimum Gasteiger partial charge on any atom is -0.493 e. The Morgan fingerprint density at radius 3 is 2.77 bits per heavy atom. The summed E-state index contributed by atoms with van der Waals surface area (Å²) in [5, 5.41) is 4.27. The van der Waals surface area contributed by atoms with Crippen LogP contribution < -0.4 is 10.1 Å². The molecule has 4 rings (SSSR count). The minimum atomic E-state index is -0.522. The number of hydrogen-bond acceptors (Lipinski definition) is 3. The van der Waals surface area contributed by atoms with Gasteiger partial charge in [0, 0.05) is 23.8 Å². The smallest absolute Gasteiger partial charge is 0.255 e. The molecule has 1 saturated carbocycles. The lowest BCUT2D eigenvalue weighted by molar-refractivity contribution is 0.0848. The molecule has 132 valence electrons. The van der Waals surface area contributed by atoms with Crippen LogP contribution in [0.2, 0.25) is 0 Å². The van der Waals surface area contributed by atoms with Crippen LogP contribution in [0.1, 0.15) is 23.2 Å². The lowest BCUT2D eigenvalue weighted by Gasteiger charge is -2.35. The molecule has 0 radical (unpaired) electrons. The maximum Gasteiger partial charge on any atom is 0.255 e. The van der Waals surface area contributed by atoms with Crippen LogP contribution in [0.15, 0.2) is 60.9 Å². The number of nitrogens with zero attached hydrogens (tertiary/aromatic N) is 1. The SMILES string of the molecule is O=C(NC1CC(COc2ccccc2)C1)c1c(F)ccc2ccncc12. The average molecular weight is 350 g/mol. The maximum absolute atomic E-state index is 14.2. The molecule has 1 N–H and O–H groups in total. The van der Waals surface area contributed by atoms with E-state index >= 15 is 0 Å². The Hall–Kier alpha value is -2.95. The van der Waals surface area contributed by atoms with Gasteiger partial charge in [-0.2, -0.15) is 0 Å². The predicted octanol–water partition coefficient (Wildman–Crippen LogP) is 3.96. The van der Waals surface area contributed by atoms with E-state index in [1.807, 2.05) is 30.3 Å². The van der Waals surface area contributed by atoms with E-state index in [0.29, 0.717) is 17.9 Å². The van der Waals surface area contributed by atoms with Crippen molar-refractivity contribution in [3.8, 4) is 5.75 Å². The van der Waals surface area contributed by atoms with Gasteiger partial charge in [-0.1, -0.05) is 24.3 Å². The largest absolute Gasteiger partial charge is 0.493 e. The summed E-state index contributed by atoms with van der Waals surface area (Å²) in [6.07, 6.45) is 4.84. The van der Waals surface area contributed by atoms with Gasteiger partial charge in [0.15, 0.2) is 0 Å². The first-order valence-electron chi connectivity index (χ1n) is 8.71. The standard InChI is InChI=1S/C21H19FN2O2/c22-19-7-6-15-8-9-23-12-18(15)20(19)21(25)24-16-10-14(11-16)13-26-17-4-2-1-3-5-17/h1-9,12,14,16H,10-11,13H2,(H,24,25). The molecule has 1 aliphatic carbocycles. The fourth-order valence-electron chi connectivity index (χ4n) is 3.34. The first-order chi connectivity index (χ1) is 12.7. The molecule has 0 atom stereocenters. The van der Waals surface area contributed by atoms with Gasteiger partial charge in [0.25, 0.3) is 5.91 Å². The summed E-state index contributed by atoms with van der Waals surface area (Å²) < 4.78 is 20.0. The highest BCUT2D eigenvalue weighted by atomic mass is 19.1. The molecule has 2 aromatic carbocycles. The molecular formula is C21H19FN2O2. The van der Waals surface area contributed by atoms with Gasteiger partial charge in [-0.15, -0.1) is 0 Å². The topological polar surface area (TPSA) is 51.2 Å². The summed E-state index contributed by atoms with van der Waals surface area (Å²) in [5.41, 5.74) is 0.0691. The summed E-state index contributed by atoms with van der Waals surface area (Å²) in [7, 11) is 0. The summed E-state index contributed by atoms with van der Waals surface area (Å²) in [6, 6.07) is 14.5. The van der Waals surface area contributed by atoms with E-state index in [9.17, 15) is 9.18 Å². The highest BCUT2D eigenvalue weighted by molar-refractivity contribution is 6.07. The normalized spacial score (nSPS) is 19.0. The highest BCUT2D eigenvalue weighted by Crippen LogP contribution is 2.29. The van der Waals surface area contributed by atoms with Crippen molar-refractivity contribution in [3.63, 3.8) is 0 Å². The zero-order valence-electron chi connectivity index (χ0n) is 14.2. The molecule has 0 saturated heterocycles. The maximum atomic E-state index is 14.2. The van der Waals surface area contributed by atoms with E-state index in [1.54, 1.807) is 18.3 Å². The van der Waals surface area contributed by atoms with Crippen molar-refractivity contribution < 1.29 is 13.9 Å². The molecule has 5 heteroatoms. The molecule has 0 spiro atoms. The third kappa shape index (κ3) is 3.38. The van der Waals surface area contributed by atoms with Gasteiger partial charge in [-0.25, -0.2) is 4.39 Å². The lowest BCUT2D eigenvalue weighted by Crippen LogP contribution is -2.46. The molecule has 1 aliphatic rings. The number of pyridine rings is 1. The second-order valence-electron chi connectivity index (χ2n) is 6.65. The second kappa shape index (κ2) is 7.12. The number of aromatic nitrogens is 1. The van der Waals surface area contributed by atoms with Crippen LogP contribution in [0.5, 0.6) is 5.75 Å². The molecule has 26 heavy (non-hydrogen) atoms.